The number of rotatable bonds is 7. The molecule has 0 bridgehead atoms. The van der Waals surface area contributed by atoms with Crippen LogP contribution in [0.1, 0.15) is 26.2 Å². The molecule has 0 aliphatic rings. The average Bonchev–Trinajstić information content (AvgIpc) is 3.56. The molecule has 6 aromatic rings. The zero-order valence-corrected chi connectivity index (χ0v) is 20.6. The zero-order valence-electron chi connectivity index (χ0n) is 20.6. The van der Waals surface area contributed by atoms with Crippen LogP contribution in [0.3, 0.4) is 0 Å². The van der Waals surface area contributed by atoms with Crippen LogP contribution in [0.25, 0.3) is 55.7 Å². The quantitative estimate of drug-likeness (QED) is 0.229. The van der Waals surface area contributed by atoms with Crippen molar-refractivity contribution in [2.45, 2.75) is 26.2 Å². The molecule has 5 heterocycles. The SMILES string of the molecule is CCCCC(=O)Nc1cncc(-c2ccc3[nH]nc(-c4cc5c(-c6ccccc6F)cncc5[nH]4)c3n2)c1. The molecular formula is C29H24FN7O. The molecule has 0 unspecified atom stereocenters. The first kappa shape index (κ1) is 23.5. The highest BCUT2D eigenvalue weighted by Crippen LogP contribution is 2.34. The number of carbonyl (C=O) groups is 1. The van der Waals surface area contributed by atoms with E-state index < -0.39 is 0 Å². The third-order valence-corrected chi connectivity index (χ3v) is 6.45. The van der Waals surface area contributed by atoms with Gasteiger partial charge in [-0.05, 0) is 36.8 Å². The lowest BCUT2D eigenvalue weighted by Crippen LogP contribution is -2.11. The summed E-state index contributed by atoms with van der Waals surface area (Å²) in [5, 5.41) is 11.3. The van der Waals surface area contributed by atoms with Crippen LogP contribution >= 0.6 is 0 Å². The van der Waals surface area contributed by atoms with Crippen molar-refractivity contribution in [1.82, 2.24) is 30.1 Å². The van der Waals surface area contributed by atoms with Gasteiger partial charge in [0.15, 0.2) is 0 Å². The van der Waals surface area contributed by atoms with Gasteiger partial charge in [0.05, 0.1) is 40.5 Å². The predicted molar refractivity (Wildman–Crippen MR) is 146 cm³/mol. The average molecular weight is 506 g/mol. The molecular weight excluding hydrogens is 481 g/mol. The maximum absolute atomic E-state index is 14.6. The van der Waals surface area contributed by atoms with Crippen molar-refractivity contribution in [3.05, 3.63) is 79.1 Å². The first-order chi connectivity index (χ1) is 18.6. The van der Waals surface area contributed by atoms with Gasteiger partial charge >= 0.3 is 0 Å². The second kappa shape index (κ2) is 9.85. The van der Waals surface area contributed by atoms with Gasteiger partial charge in [-0.1, -0.05) is 31.5 Å². The summed E-state index contributed by atoms with van der Waals surface area (Å²) in [6.45, 7) is 2.05. The van der Waals surface area contributed by atoms with Gasteiger partial charge in [-0.2, -0.15) is 5.10 Å². The van der Waals surface area contributed by atoms with Crippen molar-refractivity contribution in [2.24, 2.45) is 0 Å². The van der Waals surface area contributed by atoms with Crippen LogP contribution in [0.2, 0.25) is 0 Å². The zero-order chi connectivity index (χ0) is 26.1. The topological polar surface area (TPSA) is 112 Å². The number of hydrogen-bond donors (Lipinski definition) is 3. The van der Waals surface area contributed by atoms with Crippen LogP contribution in [0.15, 0.2) is 73.3 Å². The molecule has 0 aliphatic carbocycles. The normalized spacial score (nSPS) is 11.3. The molecule has 38 heavy (non-hydrogen) atoms. The van der Waals surface area contributed by atoms with Crippen molar-refractivity contribution >= 4 is 33.5 Å². The van der Waals surface area contributed by atoms with E-state index in [9.17, 15) is 9.18 Å². The van der Waals surface area contributed by atoms with E-state index in [1.807, 2.05) is 24.3 Å². The number of benzene rings is 1. The summed E-state index contributed by atoms with van der Waals surface area (Å²) in [6, 6.07) is 14.2. The van der Waals surface area contributed by atoms with E-state index in [4.69, 9.17) is 4.98 Å². The smallest absolute Gasteiger partial charge is 0.224 e. The maximum Gasteiger partial charge on any atom is 0.224 e. The first-order valence-corrected chi connectivity index (χ1v) is 12.4. The molecule has 1 aromatic carbocycles. The highest BCUT2D eigenvalue weighted by atomic mass is 19.1. The number of carbonyl (C=O) groups excluding carboxylic acids is 1. The Morgan fingerprint density at radius 2 is 1.84 bits per heavy atom. The van der Waals surface area contributed by atoms with E-state index in [-0.39, 0.29) is 11.7 Å². The van der Waals surface area contributed by atoms with Gasteiger partial charge in [0.2, 0.25) is 5.91 Å². The summed E-state index contributed by atoms with van der Waals surface area (Å²) >= 11 is 0. The number of fused-ring (bicyclic) bond motifs is 2. The van der Waals surface area contributed by atoms with Gasteiger partial charge < -0.3 is 10.3 Å². The second-order valence-corrected chi connectivity index (χ2v) is 9.09. The molecule has 0 saturated carbocycles. The summed E-state index contributed by atoms with van der Waals surface area (Å²) in [5.41, 5.74) is 6.85. The fourth-order valence-corrected chi connectivity index (χ4v) is 4.53. The summed E-state index contributed by atoms with van der Waals surface area (Å²) in [5.74, 6) is -0.340. The number of nitrogens with one attached hydrogen (secondary N) is 3. The van der Waals surface area contributed by atoms with Gasteiger partial charge in [0, 0.05) is 40.9 Å². The van der Waals surface area contributed by atoms with Crippen LogP contribution in [-0.2, 0) is 4.79 Å². The number of nitrogens with zero attached hydrogens (tertiary/aromatic N) is 4. The fourth-order valence-electron chi connectivity index (χ4n) is 4.53. The number of aromatic nitrogens is 6. The molecule has 5 aromatic heterocycles. The predicted octanol–water partition coefficient (Wildman–Crippen LogP) is 6.50. The molecule has 6 rings (SSSR count). The highest BCUT2D eigenvalue weighted by Gasteiger charge is 2.17. The van der Waals surface area contributed by atoms with Gasteiger partial charge in [-0.25, -0.2) is 9.37 Å². The molecule has 8 nitrogen and oxygen atoms in total. The molecule has 0 saturated heterocycles. The van der Waals surface area contributed by atoms with E-state index in [2.05, 4.69) is 37.4 Å². The summed E-state index contributed by atoms with van der Waals surface area (Å²) < 4.78 is 14.6. The fraction of sp³-hybridized carbons (Fsp3) is 0.138. The minimum Gasteiger partial charge on any atom is -0.352 e. The van der Waals surface area contributed by atoms with Gasteiger partial charge in [0.1, 0.15) is 17.0 Å². The number of anilines is 1. The number of aromatic amines is 2. The Kier molecular flexibility index (Phi) is 6.09. The number of H-pyrrole nitrogens is 2. The first-order valence-electron chi connectivity index (χ1n) is 12.4. The van der Waals surface area contributed by atoms with Crippen molar-refractivity contribution < 1.29 is 9.18 Å². The standard InChI is InChI=1S/C29H24FN7O/c1-2-3-8-27(38)33-18-11-17(13-31-14-18)23-9-10-24-28(35-23)29(37-36-24)25-12-20-21(15-32-16-26(20)34-25)19-6-4-5-7-22(19)30/h4-7,9-16,34H,2-3,8H2,1H3,(H,33,38)(H,36,37). The van der Waals surface area contributed by atoms with E-state index in [0.29, 0.717) is 40.1 Å². The number of unbranched alkanes of at least 4 members (excludes halogenated alkanes) is 1. The second-order valence-electron chi connectivity index (χ2n) is 9.09. The summed E-state index contributed by atoms with van der Waals surface area (Å²) in [4.78, 5) is 29.0. The Morgan fingerprint density at radius 3 is 2.71 bits per heavy atom. The van der Waals surface area contributed by atoms with Crippen LogP contribution in [-0.4, -0.2) is 36.0 Å². The van der Waals surface area contributed by atoms with Gasteiger partial charge in [-0.3, -0.25) is 19.9 Å². The van der Waals surface area contributed by atoms with E-state index >= 15 is 0 Å². The molecule has 0 radical (unpaired) electrons. The van der Waals surface area contributed by atoms with Crippen molar-refractivity contribution in [3.8, 4) is 33.8 Å². The molecule has 0 atom stereocenters. The molecule has 0 fully saturated rings. The van der Waals surface area contributed by atoms with E-state index in [1.54, 1.807) is 43.0 Å². The Labute approximate surface area is 217 Å². The van der Waals surface area contributed by atoms with Crippen LogP contribution in [0.5, 0.6) is 0 Å². The van der Waals surface area contributed by atoms with Crippen LogP contribution in [0.4, 0.5) is 10.1 Å². The van der Waals surface area contributed by atoms with Crippen LogP contribution in [0, 0.1) is 5.82 Å². The lowest BCUT2D eigenvalue weighted by molar-refractivity contribution is -0.116. The molecule has 188 valence electrons. The summed E-state index contributed by atoms with van der Waals surface area (Å²) in [7, 11) is 0. The Balaban J connectivity index is 1.38. The lowest BCUT2D eigenvalue weighted by atomic mass is 10.0. The highest BCUT2D eigenvalue weighted by molar-refractivity contribution is 6.00. The molecule has 0 aliphatic heterocycles. The molecule has 9 heteroatoms. The Hall–Kier alpha value is -4.92. The Bertz CT molecular complexity index is 1790. The number of hydrogen-bond acceptors (Lipinski definition) is 5. The lowest BCUT2D eigenvalue weighted by Gasteiger charge is -2.07. The number of pyridine rings is 3. The molecule has 1 amide bonds. The van der Waals surface area contributed by atoms with E-state index in [1.165, 1.54) is 6.07 Å². The van der Waals surface area contributed by atoms with Crippen molar-refractivity contribution in [1.29, 1.82) is 0 Å². The number of halogens is 1. The van der Waals surface area contributed by atoms with Gasteiger partial charge in [0.25, 0.3) is 0 Å². The monoisotopic (exact) mass is 505 g/mol. The maximum atomic E-state index is 14.6. The third kappa shape index (κ3) is 4.39. The molecule has 0 spiro atoms. The van der Waals surface area contributed by atoms with E-state index in [0.717, 1.165) is 40.5 Å². The minimum absolute atomic E-state index is 0.0330. The third-order valence-electron chi connectivity index (χ3n) is 6.45. The molecule has 3 N–H and O–H groups in total. The Morgan fingerprint density at radius 1 is 0.974 bits per heavy atom. The van der Waals surface area contributed by atoms with Gasteiger partial charge in [-0.15, -0.1) is 0 Å². The van der Waals surface area contributed by atoms with Crippen LogP contribution < -0.4 is 5.32 Å². The minimum atomic E-state index is -0.307. The summed E-state index contributed by atoms with van der Waals surface area (Å²) in [6.07, 6.45) is 8.99. The number of amides is 1. The van der Waals surface area contributed by atoms with Crippen molar-refractivity contribution in [3.63, 3.8) is 0 Å². The largest absolute Gasteiger partial charge is 0.352 e. The van der Waals surface area contributed by atoms with Crippen molar-refractivity contribution in [2.75, 3.05) is 5.32 Å².